The van der Waals surface area contributed by atoms with Gasteiger partial charge in [0.2, 0.25) is 15.8 Å². The summed E-state index contributed by atoms with van der Waals surface area (Å²) in [5.41, 5.74) is 0. The van der Waals surface area contributed by atoms with Crippen LogP contribution in [-0.2, 0) is 10.0 Å². The molecule has 0 saturated carbocycles. The highest BCUT2D eigenvalue weighted by atomic mass is 79.9. The Labute approximate surface area is 131 Å². The minimum Gasteiger partial charge on any atom is -0.475 e. The van der Waals surface area contributed by atoms with Crippen LogP contribution in [0.3, 0.4) is 0 Å². The Hall–Kier alpha value is -0.900. The van der Waals surface area contributed by atoms with Gasteiger partial charge in [-0.2, -0.15) is 4.31 Å². The van der Waals surface area contributed by atoms with Gasteiger partial charge >= 0.3 is 5.97 Å². The molecule has 120 valence electrons. The maximum atomic E-state index is 12.7. The Morgan fingerprint density at radius 2 is 2.00 bits per heavy atom. The van der Waals surface area contributed by atoms with E-state index < -0.39 is 21.8 Å². The molecule has 0 saturated heterocycles. The van der Waals surface area contributed by atoms with Gasteiger partial charge in [0.05, 0.1) is 6.61 Å². The lowest BCUT2D eigenvalue weighted by Crippen LogP contribution is -2.41. The second kappa shape index (κ2) is 7.39. The first-order chi connectivity index (χ1) is 9.79. The van der Waals surface area contributed by atoms with E-state index >= 15 is 0 Å². The molecule has 0 aromatic carbocycles. The Kier molecular flexibility index (Phi) is 6.39. The van der Waals surface area contributed by atoms with Gasteiger partial charge in [0, 0.05) is 18.7 Å². The van der Waals surface area contributed by atoms with Crippen molar-refractivity contribution in [1.29, 1.82) is 0 Å². The maximum absolute atomic E-state index is 12.7. The molecule has 7 nitrogen and oxygen atoms in total. The standard InChI is InChI=1S/C12H18BrNO6S/c1-3-8(4-2)14(5-6-15)21(18,19)10-7-9(12(16)17)20-11(10)13/h7-8,15H,3-6H2,1-2H3,(H,16,17). The molecule has 1 heterocycles. The highest BCUT2D eigenvalue weighted by Gasteiger charge is 2.33. The van der Waals surface area contributed by atoms with Crippen LogP contribution in [0.4, 0.5) is 0 Å². The third-order valence-corrected chi connectivity index (χ3v) is 5.93. The number of carbonyl (C=O) groups is 1. The van der Waals surface area contributed by atoms with E-state index in [0.717, 1.165) is 6.07 Å². The average molecular weight is 384 g/mol. The number of furan rings is 1. The quantitative estimate of drug-likeness (QED) is 0.709. The van der Waals surface area contributed by atoms with Gasteiger partial charge in [-0.1, -0.05) is 13.8 Å². The van der Waals surface area contributed by atoms with E-state index in [9.17, 15) is 13.2 Å². The van der Waals surface area contributed by atoms with Crippen LogP contribution in [-0.4, -0.2) is 48.1 Å². The van der Waals surface area contributed by atoms with Crippen molar-refractivity contribution in [3.63, 3.8) is 0 Å². The molecule has 0 atom stereocenters. The number of aliphatic hydroxyl groups is 1. The smallest absolute Gasteiger partial charge is 0.371 e. The molecule has 0 aliphatic rings. The summed E-state index contributed by atoms with van der Waals surface area (Å²) in [4.78, 5) is 10.6. The van der Waals surface area contributed by atoms with Gasteiger partial charge in [0.15, 0.2) is 4.67 Å². The number of hydrogen-bond acceptors (Lipinski definition) is 5. The topological polar surface area (TPSA) is 108 Å². The highest BCUT2D eigenvalue weighted by Crippen LogP contribution is 2.30. The zero-order valence-corrected chi connectivity index (χ0v) is 14.1. The van der Waals surface area contributed by atoms with Crippen molar-refractivity contribution < 1.29 is 27.8 Å². The molecule has 9 heteroatoms. The first-order valence-electron chi connectivity index (χ1n) is 6.44. The van der Waals surface area contributed by atoms with Crippen LogP contribution in [0.25, 0.3) is 0 Å². The van der Waals surface area contributed by atoms with E-state index in [-0.39, 0.29) is 28.8 Å². The van der Waals surface area contributed by atoms with Crippen molar-refractivity contribution >= 4 is 31.9 Å². The fraction of sp³-hybridized carbons (Fsp3) is 0.583. The molecule has 0 bridgehead atoms. The van der Waals surface area contributed by atoms with Crippen molar-refractivity contribution in [1.82, 2.24) is 4.31 Å². The fourth-order valence-electron chi connectivity index (χ4n) is 2.05. The number of nitrogens with zero attached hydrogens (tertiary/aromatic N) is 1. The third-order valence-electron chi connectivity index (χ3n) is 3.12. The molecule has 0 aliphatic heterocycles. The first-order valence-corrected chi connectivity index (χ1v) is 8.68. The molecule has 0 spiro atoms. The van der Waals surface area contributed by atoms with Crippen molar-refractivity contribution in [3.05, 3.63) is 16.5 Å². The predicted octanol–water partition coefficient (Wildman–Crippen LogP) is 1.91. The highest BCUT2D eigenvalue weighted by molar-refractivity contribution is 9.10. The fourth-order valence-corrected chi connectivity index (χ4v) is 4.72. The predicted molar refractivity (Wildman–Crippen MR) is 78.7 cm³/mol. The number of sulfonamides is 1. The lowest BCUT2D eigenvalue weighted by molar-refractivity contribution is 0.0661. The Morgan fingerprint density at radius 3 is 2.38 bits per heavy atom. The van der Waals surface area contributed by atoms with Crippen LogP contribution < -0.4 is 0 Å². The first kappa shape index (κ1) is 18.1. The van der Waals surface area contributed by atoms with E-state index in [0.29, 0.717) is 12.8 Å². The zero-order chi connectivity index (χ0) is 16.2. The van der Waals surface area contributed by atoms with E-state index in [1.54, 1.807) is 0 Å². The lowest BCUT2D eigenvalue weighted by Gasteiger charge is -2.28. The van der Waals surface area contributed by atoms with Crippen molar-refractivity contribution in [3.8, 4) is 0 Å². The van der Waals surface area contributed by atoms with Gasteiger partial charge in [-0.05, 0) is 28.8 Å². The number of halogens is 1. The second-order valence-corrected chi connectivity index (χ2v) is 6.94. The molecule has 21 heavy (non-hydrogen) atoms. The van der Waals surface area contributed by atoms with E-state index in [4.69, 9.17) is 14.6 Å². The minimum atomic E-state index is -3.96. The Morgan fingerprint density at radius 1 is 1.43 bits per heavy atom. The monoisotopic (exact) mass is 383 g/mol. The molecule has 1 rings (SSSR count). The average Bonchev–Trinajstić information content (AvgIpc) is 2.82. The number of rotatable bonds is 8. The van der Waals surface area contributed by atoms with Gasteiger partial charge in [0.1, 0.15) is 4.90 Å². The molecular weight excluding hydrogens is 366 g/mol. The summed E-state index contributed by atoms with van der Waals surface area (Å²) in [6, 6.07) is 0.686. The van der Waals surface area contributed by atoms with Crippen LogP contribution in [0.15, 0.2) is 20.0 Å². The zero-order valence-electron chi connectivity index (χ0n) is 11.7. The van der Waals surface area contributed by atoms with E-state index in [1.165, 1.54) is 4.31 Å². The molecule has 0 amide bonds. The van der Waals surface area contributed by atoms with E-state index in [1.807, 2.05) is 13.8 Å². The Bertz CT molecular complexity index is 593. The normalized spacial score (nSPS) is 12.3. The molecule has 1 aromatic rings. The number of aliphatic hydroxyl groups excluding tert-OH is 1. The van der Waals surface area contributed by atoms with Gasteiger partial charge in [0.25, 0.3) is 0 Å². The van der Waals surface area contributed by atoms with Gasteiger partial charge in [-0.15, -0.1) is 0 Å². The summed E-state index contributed by atoms with van der Waals surface area (Å²) >= 11 is 2.94. The minimum absolute atomic E-state index is 0.0608. The SMILES string of the molecule is CCC(CC)N(CCO)S(=O)(=O)c1cc(C(=O)O)oc1Br. The summed E-state index contributed by atoms with van der Waals surface area (Å²) in [7, 11) is -3.96. The number of carboxylic acid groups (broad SMARTS) is 1. The van der Waals surface area contributed by atoms with Gasteiger partial charge < -0.3 is 14.6 Å². The lowest BCUT2D eigenvalue weighted by atomic mass is 10.2. The van der Waals surface area contributed by atoms with Crippen LogP contribution in [0.2, 0.25) is 0 Å². The largest absolute Gasteiger partial charge is 0.475 e. The van der Waals surface area contributed by atoms with Crippen LogP contribution in [0.1, 0.15) is 37.2 Å². The Balaban J connectivity index is 3.31. The molecule has 2 N–H and O–H groups in total. The van der Waals surface area contributed by atoms with Crippen LogP contribution >= 0.6 is 15.9 Å². The van der Waals surface area contributed by atoms with Crippen LogP contribution in [0.5, 0.6) is 0 Å². The molecule has 1 aromatic heterocycles. The van der Waals surface area contributed by atoms with Gasteiger partial charge in [-0.25, -0.2) is 13.2 Å². The van der Waals surface area contributed by atoms with Crippen molar-refractivity contribution in [2.75, 3.05) is 13.2 Å². The number of hydrogen-bond donors (Lipinski definition) is 2. The third kappa shape index (κ3) is 3.85. The van der Waals surface area contributed by atoms with E-state index in [2.05, 4.69) is 15.9 Å². The summed E-state index contributed by atoms with van der Waals surface area (Å²) in [5, 5.41) is 18.0. The molecule has 0 aliphatic carbocycles. The maximum Gasteiger partial charge on any atom is 0.371 e. The summed E-state index contributed by atoms with van der Waals surface area (Å²) in [6.45, 7) is 3.31. The molecular formula is C12H18BrNO6S. The number of carboxylic acids is 1. The summed E-state index contributed by atoms with van der Waals surface area (Å²) < 4.78 is 31.2. The molecule has 0 fully saturated rings. The summed E-state index contributed by atoms with van der Waals surface area (Å²) in [6.07, 6.45) is 1.16. The number of aromatic carboxylic acids is 1. The molecule has 0 radical (unpaired) electrons. The van der Waals surface area contributed by atoms with Gasteiger partial charge in [-0.3, -0.25) is 0 Å². The van der Waals surface area contributed by atoms with Crippen molar-refractivity contribution in [2.45, 2.75) is 37.6 Å². The van der Waals surface area contributed by atoms with Crippen LogP contribution in [0, 0.1) is 0 Å². The van der Waals surface area contributed by atoms with Crippen molar-refractivity contribution in [2.24, 2.45) is 0 Å². The molecule has 0 unspecified atom stereocenters. The second-order valence-electron chi connectivity index (χ2n) is 4.36. The summed E-state index contributed by atoms with van der Waals surface area (Å²) in [5.74, 6) is -1.82.